The first-order valence-electron chi connectivity index (χ1n) is 9.95. The second-order valence-corrected chi connectivity index (χ2v) is 9.29. The number of carbonyl (C=O) groups excluding carboxylic acids is 1. The summed E-state index contributed by atoms with van der Waals surface area (Å²) in [7, 11) is 1.67. The lowest BCUT2D eigenvalue weighted by Crippen LogP contribution is -2.31. The summed E-state index contributed by atoms with van der Waals surface area (Å²) in [6.07, 6.45) is 9.05. The van der Waals surface area contributed by atoms with E-state index in [1.807, 2.05) is 30.5 Å². The summed E-state index contributed by atoms with van der Waals surface area (Å²) in [5.74, 6) is 0.645. The molecule has 3 rings (SSSR count). The lowest BCUT2D eigenvalue weighted by Gasteiger charge is -2.31. The lowest BCUT2D eigenvalue weighted by molar-refractivity contribution is -0.112. The van der Waals surface area contributed by atoms with Crippen molar-refractivity contribution in [3.8, 4) is 5.75 Å². The maximum atomic E-state index is 12.9. The largest absolute Gasteiger partial charge is 0.489 e. The van der Waals surface area contributed by atoms with Gasteiger partial charge in [-0.3, -0.25) is 10.1 Å². The van der Waals surface area contributed by atoms with Crippen molar-refractivity contribution in [2.75, 3.05) is 25.3 Å². The van der Waals surface area contributed by atoms with E-state index in [-0.39, 0.29) is 23.9 Å². The summed E-state index contributed by atoms with van der Waals surface area (Å²) in [4.78, 5) is 24.1. The molecule has 1 aliphatic rings. The van der Waals surface area contributed by atoms with Crippen LogP contribution in [-0.4, -0.2) is 45.8 Å². The van der Waals surface area contributed by atoms with Crippen LogP contribution in [0.2, 0.25) is 0 Å². The van der Waals surface area contributed by atoms with Gasteiger partial charge in [-0.05, 0) is 35.4 Å². The zero-order valence-electron chi connectivity index (χ0n) is 18.5. The Hall–Kier alpha value is -2.71. The minimum atomic E-state index is -0.536. The summed E-state index contributed by atoms with van der Waals surface area (Å²) in [5, 5.41) is 2.71. The molecule has 31 heavy (non-hydrogen) atoms. The van der Waals surface area contributed by atoms with Gasteiger partial charge in [0.15, 0.2) is 0 Å². The molecular weight excluding hydrogens is 412 g/mol. The highest BCUT2D eigenvalue weighted by molar-refractivity contribution is 8.00. The summed E-state index contributed by atoms with van der Waals surface area (Å²) in [6, 6.07) is 8.04. The normalized spacial score (nSPS) is 18.7. The summed E-state index contributed by atoms with van der Waals surface area (Å²) < 4.78 is 11.8. The van der Waals surface area contributed by atoms with Crippen LogP contribution in [0.4, 0.5) is 5.95 Å². The third-order valence-corrected chi connectivity index (χ3v) is 6.24. The molecule has 1 aromatic heterocycles. The Balaban J connectivity index is 1.79. The second-order valence-electron chi connectivity index (χ2n) is 8.19. The van der Waals surface area contributed by atoms with E-state index < -0.39 is 4.93 Å². The highest BCUT2D eigenvalue weighted by atomic mass is 32.2. The van der Waals surface area contributed by atoms with E-state index in [1.165, 1.54) is 18.2 Å². The number of hydrogen-bond acceptors (Lipinski definition) is 7. The number of thioether (sulfide) groups is 1. The number of benzene rings is 1. The molecule has 0 saturated carbocycles. The van der Waals surface area contributed by atoms with Gasteiger partial charge in [0.1, 0.15) is 29.9 Å². The zero-order valence-corrected chi connectivity index (χ0v) is 19.3. The Bertz CT molecular complexity index is 963. The molecule has 0 radical (unpaired) electrons. The molecule has 1 heterocycles. The number of carbonyl (C=O) groups is 1. The smallest absolute Gasteiger partial charge is 0.258 e. The summed E-state index contributed by atoms with van der Waals surface area (Å²) >= 11 is 1.58. The fraction of sp³-hybridized carbons (Fsp3) is 0.391. The van der Waals surface area contributed by atoms with Crippen LogP contribution in [0.5, 0.6) is 5.75 Å². The van der Waals surface area contributed by atoms with Gasteiger partial charge in [-0.2, -0.15) is 0 Å². The molecular formula is C23H28N4O3S. The van der Waals surface area contributed by atoms with Gasteiger partial charge in [0, 0.05) is 24.7 Å². The van der Waals surface area contributed by atoms with Crippen LogP contribution < -0.4 is 10.1 Å². The SMILES string of the molecule is COC1(SC)C=C(COc2ccc(C(C)(C)C)cc2)C(C(=O)Nc2ncncn2)=CC1. The molecule has 0 aliphatic heterocycles. The third-order valence-electron chi connectivity index (χ3n) is 5.10. The first-order chi connectivity index (χ1) is 14.8. The van der Waals surface area contributed by atoms with E-state index in [0.717, 1.165) is 11.3 Å². The van der Waals surface area contributed by atoms with E-state index in [1.54, 1.807) is 18.9 Å². The predicted octanol–water partition coefficient (Wildman–Crippen LogP) is 4.15. The lowest BCUT2D eigenvalue weighted by atomic mass is 9.87. The van der Waals surface area contributed by atoms with Crippen molar-refractivity contribution in [2.45, 2.75) is 37.5 Å². The predicted molar refractivity (Wildman–Crippen MR) is 123 cm³/mol. The van der Waals surface area contributed by atoms with Crippen LogP contribution >= 0.6 is 11.8 Å². The zero-order chi connectivity index (χ0) is 22.5. The van der Waals surface area contributed by atoms with Crippen LogP contribution in [0, 0.1) is 0 Å². The minimum absolute atomic E-state index is 0.0733. The molecule has 1 aromatic carbocycles. The van der Waals surface area contributed by atoms with Crippen molar-refractivity contribution in [2.24, 2.45) is 0 Å². The van der Waals surface area contributed by atoms with Crippen molar-refractivity contribution in [3.63, 3.8) is 0 Å². The molecule has 1 unspecified atom stereocenters. The van der Waals surface area contributed by atoms with Crippen LogP contribution in [-0.2, 0) is 14.9 Å². The number of aromatic nitrogens is 3. The van der Waals surface area contributed by atoms with Crippen molar-refractivity contribution >= 4 is 23.6 Å². The highest BCUT2D eigenvalue weighted by Crippen LogP contribution is 2.37. The Kier molecular flexibility index (Phi) is 7.12. The molecule has 1 atom stereocenters. The Morgan fingerprint density at radius 3 is 2.45 bits per heavy atom. The number of nitrogens with zero attached hydrogens (tertiary/aromatic N) is 3. The van der Waals surface area contributed by atoms with Gasteiger partial charge in [0.05, 0.1) is 0 Å². The molecule has 2 aromatic rings. The van der Waals surface area contributed by atoms with Gasteiger partial charge in [-0.15, -0.1) is 11.8 Å². The molecule has 1 aliphatic carbocycles. The van der Waals surface area contributed by atoms with Gasteiger partial charge in [-0.1, -0.05) is 39.0 Å². The van der Waals surface area contributed by atoms with Crippen LogP contribution in [0.25, 0.3) is 0 Å². The van der Waals surface area contributed by atoms with Gasteiger partial charge in [0.2, 0.25) is 5.95 Å². The number of hydrogen-bond donors (Lipinski definition) is 1. The molecule has 0 bridgehead atoms. The quantitative estimate of drug-likeness (QED) is 0.647. The first kappa shape index (κ1) is 23.0. The summed E-state index contributed by atoms with van der Waals surface area (Å²) in [6.45, 7) is 6.75. The number of rotatable bonds is 7. The fourth-order valence-corrected chi connectivity index (χ4v) is 3.86. The maximum absolute atomic E-state index is 12.9. The Morgan fingerprint density at radius 1 is 1.19 bits per heavy atom. The van der Waals surface area contributed by atoms with Gasteiger partial charge in [0.25, 0.3) is 5.91 Å². The highest BCUT2D eigenvalue weighted by Gasteiger charge is 2.32. The molecule has 0 fully saturated rings. The van der Waals surface area contributed by atoms with E-state index in [9.17, 15) is 4.79 Å². The molecule has 0 spiro atoms. The molecule has 164 valence electrons. The average Bonchev–Trinajstić information content (AvgIpc) is 2.77. The summed E-state index contributed by atoms with van der Waals surface area (Å²) in [5.41, 5.74) is 2.57. The standard InChI is InChI=1S/C23H28N4O3S/c1-22(2,3)17-6-8-18(9-7-17)30-13-16-12-23(29-4,31-5)11-10-19(16)20(28)27-21-25-14-24-15-26-21/h6-10,12,14-15H,11,13H2,1-5H3,(H,24,25,26,27,28). The van der Waals surface area contributed by atoms with Crippen molar-refractivity contribution in [1.29, 1.82) is 0 Å². The van der Waals surface area contributed by atoms with Crippen molar-refractivity contribution in [3.05, 3.63) is 65.8 Å². The topological polar surface area (TPSA) is 86.2 Å². The minimum Gasteiger partial charge on any atom is -0.489 e. The van der Waals surface area contributed by atoms with Crippen molar-refractivity contribution < 1.29 is 14.3 Å². The Morgan fingerprint density at radius 2 is 1.87 bits per heavy atom. The van der Waals surface area contributed by atoms with E-state index in [2.05, 4.69) is 53.2 Å². The average molecular weight is 441 g/mol. The number of methoxy groups -OCH3 is 1. The third kappa shape index (κ3) is 5.71. The van der Waals surface area contributed by atoms with Crippen LogP contribution in [0.3, 0.4) is 0 Å². The molecule has 1 amide bonds. The van der Waals surface area contributed by atoms with Crippen LogP contribution in [0.1, 0.15) is 32.8 Å². The maximum Gasteiger partial charge on any atom is 0.258 e. The van der Waals surface area contributed by atoms with E-state index in [4.69, 9.17) is 9.47 Å². The van der Waals surface area contributed by atoms with Crippen molar-refractivity contribution in [1.82, 2.24) is 15.0 Å². The number of anilines is 1. The van der Waals surface area contributed by atoms with E-state index in [0.29, 0.717) is 12.0 Å². The molecule has 7 nitrogen and oxygen atoms in total. The van der Waals surface area contributed by atoms with E-state index >= 15 is 0 Å². The number of nitrogens with one attached hydrogen (secondary N) is 1. The van der Waals surface area contributed by atoms with Gasteiger partial charge >= 0.3 is 0 Å². The molecule has 0 saturated heterocycles. The van der Waals surface area contributed by atoms with Gasteiger partial charge in [-0.25, -0.2) is 15.0 Å². The van der Waals surface area contributed by atoms with Gasteiger partial charge < -0.3 is 9.47 Å². The fourth-order valence-electron chi connectivity index (χ4n) is 3.19. The number of ether oxygens (including phenoxy) is 2. The monoisotopic (exact) mass is 440 g/mol. The molecule has 1 N–H and O–H groups in total. The van der Waals surface area contributed by atoms with Crippen LogP contribution in [0.15, 0.2) is 60.2 Å². The first-order valence-corrected chi connectivity index (χ1v) is 11.2. The number of amides is 1. The molecule has 8 heteroatoms. The second kappa shape index (κ2) is 9.62. The Labute approximate surface area is 187 Å².